The van der Waals surface area contributed by atoms with Crippen molar-refractivity contribution >= 4 is 43.9 Å². The van der Waals surface area contributed by atoms with Crippen LogP contribution in [0.25, 0.3) is 0 Å². The van der Waals surface area contributed by atoms with Crippen LogP contribution in [0.3, 0.4) is 0 Å². The normalized spacial score (nSPS) is 11.7. The molecule has 2 N–H and O–H groups in total. The zero-order valence-electron chi connectivity index (χ0n) is 11.6. The fourth-order valence-corrected chi connectivity index (χ4v) is 4.04. The summed E-state index contributed by atoms with van der Waals surface area (Å²) in [6.45, 7) is 0.435. The van der Waals surface area contributed by atoms with Crippen LogP contribution in [0.15, 0.2) is 54.6 Å². The monoisotopic (exact) mass is 381 g/mol. The molecule has 0 aromatic heterocycles. The number of hydrogen-bond donors (Lipinski definition) is 3. The van der Waals surface area contributed by atoms with Crippen molar-refractivity contribution in [2.45, 2.75) is 10.7 Å². The molecule has 0 saturated heterocycles. The number of benzene rings is 2. The van der Waals surface area contributed by atoms with Crippen molar-refractivity contribution in [3.63, 3.8) is 0 Å². The van der Waals surface area contributed by atoms with E-state index in [-0.39, 0.29) is 5.91 Å². The maximum absolute atomic E-state index is 12.3. The molecule has 0 radical (unpaired) electrons. The van der Waals surface area contributed by atoms with Gasteiger partial charge in [0, 0.05) is 0 Å². The molecule has 1 amide bonds. The summed E-state index contributed by atoms with van der Waals surface area (Å²) in [6, 6.07) is 16.7. The molecule has 0 aliphatic carbocycles. The maximum atomic E-state index is 12.3. The minimum atomic E-state index is -0.970. The van der Waals surface area contributed by atoms with Gasteiger partial charge in [0.1, 0.15) is 0 Å². The van der Waals surface area contributed by atoms with Gasteiger partial charge in [0.25, 0.3) is 0 Å². The Kier molecular flexibility index (Phi) is 6.07. The number of thiol groups is 1. The first-order valence-electron chi connectivity index (χ1n) is 6.56. The van der Waals surface area contributed by atoms with Crippen LogP contribution >= 0.6 is 12.6 Å². The predicted molar refractivity (Wildman–Crippen MR) is 89.9 cm³/mol. The average molecular weight is 380 g/mol. The molecule has 2 aromatic carbocycles. The van der Waals surface area contributed by atoms with E-state index in [1.54, 1.807) is 24.3 Å². The predicted octanol–water partition coefficient (Wildman–Crippen LogP) is 1.29. The van der Waals surface area contributed by atoms with Crippen LogP contribution in [0.1, 0.15) is 15.9 Å². The quantitative estimate of drug-likeness (QED) is 0.523. The zero-order valence-corrected chi connectivity index (χ0v) is 14.2. The van der Waals surface area contributed by atoms with Gasteiger partial charge in [-0.3, -0.25) is 0 Å². The summed E-state index contributed by atoms with van der Waals surface area (Å²) in [7, 11) is 0. The first kappa shape index (κ1) is 16.6. The molecule has 0 aliphatic heterocycles. The molecule has 4 nitrogen and oxygen atoms in total. The molecule has 0 unspecified atom stereocenters. The summed E-state index contributed by atoms with van der Waals surface area (Å²) in [5, 5.41) is 11.8. The van der Waals surface area contributed by atoms with E-state index in [1.807, 2.05) is 30.3 Å². The second-order valence-electron chi connectivity index (χ2n) is 4.47. The third-order valence-electron chi connectivity index (χ3n) is 2.88. The van der Waals surface area contributed by atoms with E-state index in [0.29, 0.717) is 12.1 Å². The van der Waals surface area contributed by atoms with Gasteiger partial charge in [0.15, 0.2) is 0 Å². The van der Waals surface area contributed by atoms with Crippen LogP contribution in [-0.2, 0) is 11.3 Å². The Morgan fingerprint density at radius 3 is 2.41 bits per heavy atom. The third kappa shape index (κ3) is 4.63. The Labute approximate surface area is 140 Å². The van der Waals surface area contributed by atoms with Crippen molar-refractivity contribution in [3.05, 3.63) is 65.7 Å². The van der Waals surface area contributed by atoms with Crippen LogP contribution < -0.4 is 9.78 Å². The molecule has 0 heterocycles. The van der Waals surface area contributed by atoms with E-state index >= 15 is 0 Å². The number of carbonyl (C=O) groups excluding carboxylic acids is 1. The summed E-state index contributed by atoms with van der Waals surface area (Å²) in [5.41, 5.74) is 1.52. The van der Waals surface area contributed by atoms with Crippen LogP contribution in [0.4, 0.5) is 0 Å². The van der Waals surface area contributed by atoms with Crippen molar-refractivity contribution < 1.29 is 14.7 Å². The zero-order chi connectivity index (χ0) is 15.9. The molecule has 0 saturated carbocycles. The molecular weight excluding hydrogens is 365 g/mol. The molecule has 22 heavy (non-hydrogen) atoms. The standard InChI is InChI=1S/C16H15NO3SSe/c18-14(17-10-11-6-2-1-3-7-11)12-8-4-5-9-13(12)22-16(21)15(19)20/h1-9,16,21H,10H2,(H,17,18)(H,19,20)/t16-/m0/s1. The summed E-state index contributed by atoms with van der Waals surface area (Å²) < 4.78 is -0.0291. The van der Waals surface area contributed by atoms with E-state index in [2.05, 4.69) is 17.9 Å². The van der Waals surface area contributed by atoms with Gasteiger partial charge in [-0.25, -0.2) is 0 Å². The second kappa shape index (κ2) is 8.03. The Morgan fingerprint density at radius 2 is 1.73 bits per heavy atom. The third-order valence-corrected chi connectivity index (χ3v) is 5.82. The van der Waals surface area contributed by atoms with Crippen LogP contribution in [-0.4, -0.2) is 36.1 Å². The van der Waals surface area contributed by atoms with Gasteiger partial charge in [-0.05, 0) is 0 Å². The summed E-state index contributed by atoms with van der Waals surface area (Å²) in [5.74, 6) is -1.17. The molecule has 6 heteroatoms. The molecule has 114 valence electrons. The number of carbonyl (C=O) groups is 2. The SMILES string of the molecule is O=C(NCc1ccccc1)c1ccccc1[Se][C@H](S)C(=O)O. The van der Waals surface area contributed by atoms with Crippen molar-refractivity contribution in [2.75, 3.05) is 0 Å². The topological polar surface area (TPSA) is 66.4 Å². The van der Waals surface area contributed by atoms with E-state index in [4.69, 9.17) is 5.11 Å². The number of rotatable bonds is 6. The van der Waals surface area contributed by atoms with Gasteiger partial charge in [0.2, 0.25) is 0 Å². The van der Waals surface area contributed by atoms with Gasteiger partial charge in [-0.1, -0.05) is 0 Å². The molecule has 2 rings (SSSR count). The van der Waals surface area contributed by atoms with Gasteiger partial charge < -0.3 is 0 Å². The molecular formula is C16H15NO3SSe. The van der Waals surface area contributed by atoms with Gasteiger partial charge in [-0.15, -0.1) is 0 Å². The average Bonchev–Trinajstić information content (AvgIpc) is 2.54. The Bertz CT molecular complexity index is 663. The number of amides is 1. The second-order valence-corrected chi connectivity index (χ2v) is 8.18. The number of hydrogen-bond acceptors (Lipinski definition) is 3. The number of carboxylic acids is 1. The first-order chi connectivity index (χ1) is 10.6. The van der Waals surface area contributed by atoms with Crippen molar-refractivity contribution in [2.24, 2.45) is 0 Å². The van der Waals surface area contributed by atoms with E-state index in [1.165, 1.54) is 0 Å². The van der Waals surface area contributed by atoms with E-state index in [9.17, 15) is 9.59 Å². The van der Waals surface area contributed by atoms with Crippen molar-refractivity contribution in [1.82, 2.24) is 5.32 Å². The fourth-order valence-electron chi connectivity index (χ4n) is 1.80. The van der Waals surface area contributed by atoms with Crippen LogP contribution in [0.2, 0.25) is 0 Å². The number of nitrogens with one attached hydrogen (secondary N) is 1. The molecule has 0 bridgehead atoms. The number of aliphatic carboxylic acids is 1. The van der Waals surface area contributed by atoms with E-state index in [0.717, 1.165) is 10.0 Å². The Balaban J connectivity index is 2.07. The van der Waals surface area contributed by atoms with Crippen molar-refractivity contribution in [3.8, 4) is 0 Å². The summed E-state index contributed by atoms with van der Waals surface area (Å²) in [6.07, 6.45) is 0. The van der Waals surface area contributed by atoms with Gasteiger partial charge in [-0.2, -0.15) is 0 Å². The van der Waals surface area contributed by atoms with Gasteiger partial charge in [0.05, 0.1) is 0 Å². The fraction of sp³-hybridized carbons (Fsp3) is 0.125. The van der Waals surface area contributed by atoms with Crippen molar-refractivity contribution in [1.29, 1.82) is 0 Å². The summed E-state index contributed by atoms with van der Waals surface area (Å²) >= 11 is 3.64. The molecule has 0 spiro atoms. The molecule has 2 aromatic rings. The van der Waals surface area contributed by atoms with Crippen LogP contribution in [0.5, 0.6) is 0 Å². The van der Waals surface area contributed by atoms with Gasteiger partial charge >= 0.3 is 140 Å². The summed E-state index contributed by atoms with van der Waals surface area (Å²) in [4.78, 5) is 23.3. The number of carboxylic acid groups (broad SMARTS) is 1. The van der Waals surface area contributed by atoms with E-state index < -0.39 is 25.1 Å². The molecule has 1 atom stereocenters. The Morgan fingerprint density at radius 1 is 1.09 bits per heavy atom. The minimum absolute atomic E-state index is 0.202. The molecule has 0 fully saturated rings. The first-order valence-corrected chi connectivity index (χ1v) is 8.93. The van der Waals surface area contributed by atoms with Crippen LogP contribution in [0, 0.1) is 0 Å². The Hall–Kier alpha value is -1.75. The molecule has 0 aliphatic rings.